The van der Waals surface area contributed by atoms with Crippen LogP contribution in [0.2, 0.25) is 0 Å². The molecule has 15 heteroatoms. The highest BCUT2D eigenvalue weighted by molar-refractivity contribution is 7.21. The number of rotatable bonds is 9. The van der Waals surface area contributed by atoms with Crippen molar-refractivity contribution >= 4 is 27.5 Å². The molecule has 0 saturated heterocycles. The van der Waals surface area contributed by atoms with Crippen molar-refractivity contribution in [3.63, 3.8) is 0 Å². The van der Waals surface area contributed by atoms with Crippen LogP contribution in [-0.4, -0.2) is 60.6 Å². The number of hydrogen-bond donors (Lipinski definition) is 2. The van der Waals surface area contributed by atoms with Crippen molar-refractivity contribution < 1.29 is 24.1 Å². The van der Waals surface area contributed by atoms with Crippen molar-refractivity contribution in [2.24, 2.45) is 5.18 Å². The van der Waals surface area contributed by atoms with Crippen LogP contribution >= 0.6 is 11.3 Å². The van der Waals surface area contributed by atoms with Crippen LogP contribution in [0.25, 0.3) is 15.2 Å². The second-order valence-corrected chi connectivity index (χ2v) is 9.73. The third kappa shape index (κ3) is 5.78. The molecule has 13 nitrogen and oxygen atoms in total. The minimum Gasteiger partial charge on any atom is -0.496 e. The number of nitroso groups, excluding NO2 is 1. The summed E-state index contributed by atoms with van der Waals surface area (Å²) in [6.45, 7) is 4.21. The number of carboxylic acids is 1. The Labute approximate surface area is 224 Å². The molecule has 2 N–H and O–H groups in total. The Hall–Kier alpha value is -4.24. The van der Waals surface area contributed by atoms with Gasteiger partial charge in [0.2, 0.25) is 0 Å². The lowest BCUT2D eigenvalue weighted by Gasteiger charge is -2.23. The lowest BCUT2D eigenvalue weighted by molar-refractivity contribution is -0.146. The standard InChI is InChI=1S/C22H22FN5O5S.C2H5NO2/c1-12-16-17(29)27(22(2,3)20(30)31)21(32)26(19(16)34-18(12)28-24-8-9-25-28)10-7-13-11-14(23)5-6-15(13)33-4;4-2-1-3-5/h5-6,8-9,11H,7,10H2,1-4H3,(H,30,31);4H,1-2H2. The maximum Gasteiger partial charge on any atom is 0.333 e. The van der Waals surface area contributed by atoms with E-state index in [1.807, 2.05) is 0 Å². The Balaban J connectivity index is 0.000000771. The van der Waals surface area contributed by atoms with Crippen LogP contribution in [-0.2, 0) is 23.3 Å². The van der Waals surface area contributed by atoms with Gasteiger partial charge in [0.15, 0.2) is 0 Å². The summed E-state index contributed by atoms with van der Waals surface area (Å²) in [4.78, 5) is 49.6. The number of nitrogens with zero attached hydrogens (tertiary/aromatic N) is 6. The van der Waals surface area contributed by atoms with Gasteiger partial charge < -0.3 is 14.9 Å². The zero-order chi connectivity index (χ0) is 28.9. The number of carbonyl (C=O) groups is 1. The number of carboxylic acid groups (broad SMARTS) is 1. The van der Waals surface area contributed by atoms with Gasteiger partial charge in [-0.1, -0.05) is 16.5 Å². The van der Waals surface area contributed by atoms with E-state index in [1.165, 1.54) is 60.9 Å². The number of aryl methyl sites for hydroxylation is 3. The van der Waals surface area contributed by atoms with Crippen molar-refractivity contribution in [2.75, 3.05) is 20.3 Å². The molecule has 0 fully saturated rings. The summed E-state index contributed by atoms with van der Waals surface area (Å²) in [5.74, 6) is -1.33. The number of ether oxygens (including phenoxy) is 1. The number of halogens is 1. The van der Waals surface area contributed by atoms with Gasteiger partial charge in [-0.25, -0.2) is 18.5 Å². The predicted molar refractivity (Wildman–Crippen MR) is 141 cm³/mol. The van der Waals surface area contributed by atoms with E-state index < -0.39 is 28.6 Å². The number of hydrogen-bond acceptors (Lipinski definition) is 10. The molecule has 208 valence electrons. The lowest BCUT2D eigenvalue weighted by Crippen LogP contribution is -2.52. The van der Waals surface area contributed by atoms with Crippen LogP contribution in [0.3, 0.4) is 0 Å². The van der Waals surface area contributed by atoms with Gasteiger partial charge in [0.25, 0.3) is 5.56 Å². The molecule has 0 aliphatic carbocycles. The number of methoxy groups -OCH3 is 1. The van der Waals surface area contributed by atoms with E-state index in [1.54, 1.807) is 6.92 Å². The number of fused-ring (bicyclic) bond motifs is 1. The Kier molecular flexibility index (Phi) is 9.08. The largest absolute Gasteiger partial charge is 0.496 e. The molecule has 0 bridgehead atoms. The Morgan fingerprint density at radius 2 is 1.90 bits per heavy atom. The second-order valence-electron chi connectivity index (χ2n) is 8.75. The molecule has 39 heavy (non-hydrogen) atoms. The van der Waals surface area contributed by atoms with Gasteiger partial charge in [-0.2, -0.15) is 15.1 Å². The van der Waals surface area contributed by atoms with E-state index in [9.17, 15) is 23.9 Å². The van der Waals surface area contributed by atoms with E-state index in [0.717, 1.165) is 15.9 Å². The lowest BCUT2D eigenvalue weighted by atomic mass is 10.1. The van der Waals surface area contributed by atoms with E-state index in [0.29, 0.717) is 26.7 Å². The molecule has 0 aliphatic rings. The maximum atomic E-state index is 13.9. The van der Waals surface area contributed by atoms with Gasteiger partial charge in [-0.15, -0.1) is 4.80 Å². The van der Waals surface area contributed by atoms with Crippen LogP contribution in [0.5, 0.6) is 5.75 Å². The van der Waals surface area contributed by atoms with Gasteiger partial charge in [0, 0.05) is 12.1 Å². The molecule has 4 aromatic rings. The van der Waals surface area contributed by atoms with Crippen molar-refractivity contribution in [3.8, 4) is 10.8 Å². The number of benzene rings is 1. The first-order valence-corrected chi connectivity index (χ1v) is 12.4. The average molecular weight is 563 g/mol. The molecular formula is C24H27FN6O7S. The van der Waals surface area contributed by atoms with Crippen molar-refractivity contribution in [1.29, 1.82) is 0 Å². The minimum absolute atomic E-state index is 0.0139. The van der Waals surface area contributed by atoms with E-state index in [2.05, 4.69) is 15.4 Å². The summed E-state index contributed by atoms with van der Waals surface area (Å²) >= 11 is 1.15. The topological polar surface area (TPSA) is 171 Å². The number of aliphatic hydroxyl groups is 1. The molecule has 3 aromatic heterocycles. The van der Waals surface area contributed by atoms with Gasteiger partial charge in [0.1, 0.15) is 33.5 Å². The van der Waals surface area contributed by atoms with Crippen molar-refractivity contribution in [3.05, 3.63) is 73.3 Å². The first kappa shape index (κ1) is 29.3. The fourth-order valence-electron chi connectivity index (χ4n) is 3.85. The number of thiophene rings is 1. The quantitative estimate of drug-likeness (QED) is 0.290. The molecule has 0 unspecified atom stereocenters. The van der Waals surface area contributed by atoms with E-state index >= 15 is 0 Å². The Morgan fingerprint density at radius 1 is 1.23 bits per heavy atom. The number of aromatic nitrogens is 5. The van der Waals surface area contributed by atoms with E-state index in [4.69, 9.17) is 14.8 Å². The molecule has 0 amide bonds. The number of aliphatic carboxylic acids is 1. The zero-order valence-electron chi connectivity index (χ0n) is 21.6. The van der Waals surface area contributed by atoms with Crippen LogP contribution in [0.4, 0.5) is 4.39 Å². The summed E-state index contributed by atoms with van der Waals surface area (Å²) in [5.41, 5.74) is -2.24. The Morgan fingerprint density at radius 3 is 2.44 bits per heavy atom. The second kappa shape index (κ2) is 12.1. The minimum atomic E-state index is -1.81. The summed E-state index contributed by atoms with van der Waals surface area (Å²) in [7, 11) is 1.46. The third-order valence-electron chi connectivity index (χ3n) is 5.91. The summed E-state index contributed by atoms with van der Waals surface area (Å²) in [5, 5.41) is 28.8. The number of aliphatic hydroxyl groups excluding tert-OH is 1. The molecule has 0 radical (unpaired) electrons. The molecule has 0 aliphatic heterocycles. The first-order valence-electron chi connectivity index (χ1n) is 11.6. The molecule has 0 spiro atoms. The van der Waals surface area contributed by atoms with E-state index in [-0.39, 0.29) is 31.5 Å². The third-order valence-corrected chi connectivity index (χ3v) is 7.19. The molecule has 3 heterocycles. The first-order chi connectivity index (χ1) is 18.5. The molecule has 0 saturated carbocycles. The van der Waals surface area contributed by atoms with Crippen LogP contribution in [0.1, 0.15) is 25.0 Å². The van der Waals surface area contributed by atoms with Crippen LogP contribution in [0, 0.1) is 17.6 Å². The van der Waals surface area contributed by atoms with Gasteiger partial charge in [0.05, 0.1) is 31.5 Å². The predicted octanol–water partition coefficient (Wildman–Crippen LogP) is 2.07. The molecule has 4 rings (SSSR count). The maximum absolute atomic E-state index is 13.9. The summed E-state index contributed by atoms with van der Waals surface area (Å²) in [6, 6.07) is 4.08. The normalized spacial score (nSPS) is 11.2. The summed E-state index contributed by atoms with van der Waals surface area (Å²) < 4.78 is 21.3. The van der Waals surface area contributed by atoms with Crippen molar-refractivity contribution in [1.82, 2.24) is 24.1 Å². The van der Waals surface area contributed by atoms with Gasteiger partial charge in [-0.3, -0.25) is 9.36 Å². The fourth-order valence-corrected chi connectivity index (χ4v) is 5.08. The van der Waals surface area contributed by atoms with Crippen LogP contribution < -0.4 is 16.0 Å². The van der Waals surface area contributed by atoms with Gasteiger partial charge in [-0.05, 0) is 51.0 Å². The van der Waals surface area contributed by atoms with Gasteiger partial charge >= 0.3 is 11.7 Å². The smallest absolute Gasteiger partial charge is 0.333 e. The zero-order valence-corrected chi connectivity index (χ0v) is 22.4. The summed E-state index contributed by atoms with van der Waals surface area (Å²) in [6.07, 6.45) is 3.17. The van der Waals surface area contributed by atoms with Crippen molar-refractivity contribution in [2.45, 2.75) is 39.3 Å². The highest BCUT2D eigenvalue weighted by Crippen LogP contribution is 2.31. The molecular weight excluding hydrogens is 535 g/mol. The Bertz CT molecular complexity index is 1610. The highest BCUT2D eigenvalue weighted by Gasteiger charge is 2.35. The average Bonchev–Trinajstić information content (AvgIpc) is 3.53. The fraction of sp³-hybridized carbons (Fsp3) is 0.375. The molecule has 0 atom stereocenters. The molecule has 1 aromatic carbocycles. The monoisotopic (exact) mass is 562 g/mol. The highest BCUT2D eigenvalue weighted by atomic mass is 32.1. The van der Waals surface area contributed by atoms with Crippen LogP contribution in [0.15, 0.2) is 45.4 Å². The SMILES string of the molecule is COc1ccc(F)cc1CCn1c(=O)n(C(C)(C)C(=O)O)c(=O)c2c(C)c(-n3nccn3)sc21.O=NCCO.